The molecule has 0 aliphatic carbocycles. The first-order valence-corrected chi connectivity index (χ1v) is 10.3. The first kappa shape index (κ1) is 23.8. The van der Waals surface area contributed by atoms with E-state index in [9.17, 15) is 27.9 Å². The van der Waals surface area contributed by atoms with Crippen LogP contribution in [0.15, 0.2) is 72.6 Å². The Bertz CT molecular complexity index is 1320. The second-order valence-corrected chi connectivity index (χ2v) is 7.70. The van der Waals surface area contributed by atoms with Gasteiger partial charge in [0, 0.05) is 24.1 Å². The highest BCUT2D eigenvalue weighted by Crippen LogP contribution is 2.44. The third-order valence-electron chi connectivity index (χ3n) is 5.41. The average molecular weight is 484 g/mol. The molecule has 7 nitrogen and oxygen atoms in total. The van der Waals surface area contributed by atoms with Crippen LogP contribution in [-0.2, 0) is 9.59 Å². The van der Waals surface area contributed by atoms with Crippen molar-refractivity contribution in [2.75, 3.05) is 12.0 Å². The molecule has 1 atom stereocenters. The molecule has 0 saturated carbocycles. The number of aryl methyl sites for hydroxylation is 1. The first-order valence-electron chi connectivity index (χ1n) is 10.3. The molecule has 1 saturated heterocycles. The van der Waals surface area contributed by atoms with Gasteiger partial charge < -0.3 is 14.6 Å². The Kier molecular flexibility index (Phi) is 6.21. The summed E-state index contributed by atoms with van der Waals surface area (Å²) in [5.41, 5.74) is 1.10. The van der Waals surface area contributed by atoms with Crippen molar-refractivity contribution in [3.8, 4) is 11.5 Å². The van der Waals surface area contributed by atoms with Gasteiger partial charge in [0.05, 0.1) is 24.3 Å². The molecule has 1 fully saturated rings. The van der Waals surface area contributed by atoms with Gasteiger partial charge in [-0.2, -0.15) is 0 Å². The van der Waals surface area contributed by atoms with Crippen LogP contribution in [0.25, 0.3) is 5.76 Å². The average Bonchev–Trinajstić information content (AvgIpc) is 3.08. The zero-order valence-corrected chi connectivity index (χ0v) is 18.5. The fourth-order valence-corrected chi connectivity index (χ4v) is 3.94. The zero-order valence-electron chi connectivity index (χ0n) is 18.5. The van der Waals surface area contributed by atoms with E-state index >= 15 is 0 Å². The number of ether oxygens (including phenoxy) is 2. The van der Waals surface area contributed by atoms with Crippen molar-refractivity contribution in [2.45, 2.75) is 19.3 Å². The Balaban J connectivity index is 1.93. The number of hydrogen-bond acceptors (Lipinski definition) is 6. The lowest BCUT2D eigenvalue weighted by Gasteiger charge is -2.26. The van der Waals surface area contributed by atoms with Crippen LogP contribution in [-0.4, -0.2) is 35.3 Å². The van der Waals surface area contributed by atoms with Gasteiger partial charge in [-0.15, -0.1) is 13.2 Å². The van der Waals surface area contributed by atoms with Gasteiger partial charge in [0.1, 0.15) is 17.3 Å². The standard InChI is InChI=1S/C25H19F3N2O5/c1-14-6-7-19(34-2)18(12-14)22(31)20-21(15-8-10-29-11-9-15)30(24(33)23(20)32)16-4-3-5-17(13-16)35-25(26,27)28/h3-13,21,31H,1-2H3/b22-20+. The summed E-state index contributed by atoms with van der Waals surface area (Å²) in [4.78, 5) is 31.3. The van der Waals surface area contributed by atoms with Crippen molar-refractivity contribution < 1.29 is 37.3 Å². The molecule has 3 aromatic rings. The number of aliphatic hydroxyl groups is 1. The summed E-state index contributed by atoms with van der Waals surface area (Å²) in [5.74, 6) is -2.80. The van der Waals surface area contributed by atoms with E-state index in [1.807, 2.05) is 0 Å². The van der Waals surface area contributed by atoms with Crippen LogP contribution >= 0.6 is 0 Å². The summed E-state index contributed by atoms with van der Waals surface area (Å²) in [6.45, 7) is 1.78. The summed E-state index contributed by atoms with van der Waals surface area (Å²) >= 11 is 0. The van der Waals surface area contributed by atoms with Crippen LogP contribution in [0.2, 0.25) is 0 Å². The van der Waals surface area contributed by atoms with Gasteiger partial charge >= 0.3 is 6.36 Å². The van der Waals surface area contributed by atoms with E-state index in [4.69, 9.17) is 4.74 Å². The lowest BCUT2D eigenvalue weighted by Crippen LogP contribution is -2.29. The predicted octanol–water partition coefficient (Wildman–Crippen LogP) is 4.92. The van der Waals surface area contributed by atoms with E-state index in [2.05, 4.69) is 9.72 Å². The number of pyridine rings is 1. The Morgan fingerprint density at radius 1 is 1.06 bits per heavy atom. The molecule has 0 radical (unpaired) electrons. The molecule has 1 aliphatic heterocycles. The van der Waals surface area contributed by atoms with Crippen LogP contribution in [0.1, 0.15) is 22.7 Å². The number of carbonyl (C=O) groups is 2. The van der Waals surface area contributed by atoms with Crippen LogP contribution in [0.4, 0.5) is 18.9 Å². The summed E-state index contributed by atoms with van der Waals surface area (Å²) < 4.78 is 47.6. The van der Waals surface area contributed by atoms with Crippen molar-refractivity contribution in [3.05, 3.63) is 89.3 Å². The third kappa shape index (κ3) is 4.68. The minimum atomic E-state index is -4.95. The monoisotopic (exact) mass is 484 g/mol. The summed E-state index contributed by atoms with van der Waals surface area (Å²) in [6.07, 6.45) is -2.07. The molecular weight excluding hydrogens is 465 g/mol. The van der Waals surface area contributed by atoms with Crippen LogP contribution in [0, 0.1) is 6.92 Å². The third-order valence-corrected chi connectivity index (χ3v) is 5.41. The topological polar surface area (TPSA) is 89.0 Å². The minimum Gasteiger partial charge on any atom is -0.507 e. The van der Waals surface area contributed by atoms with E-state index < -0.39 is 35.6 Å². The van der Waals surface area contributed by atoms with Crippen molar-refractivity contribution in [3.63, 3.8) is 0 Å². The predicted molar refractivity (Wildman–Crippen MR) is 120 cm³/mol. The number of aliphatic hydroxyl groups excluding tert-OH is 1. The van der Waals surface area contributed by atoms with Crippen molar-refractivity contribution in [2.24, 2.45) is 0 Å². The number of alkyl halides is 3. The number of aromatic nitrogens is 1. The number of amides is 1. The van der Waals surface area contributed by atoms with E-state index in [-0.39, 0.29) is 22.6 Å². The van der Waals surface area contributed by atoms with Gasteiger partial charge in [0.25, 0.3) is 11.7 Å². The number of ketones is 1. The Hall–Kier alpha value is -4.34. The van der Waals surface area contributed by atoms with Gasteiger partial charge in [0.2, 0.25) is 0 Å². The normalized spacial score (nSPS) is 17.5. The Morgan fingerprint density at radius 3 is 2.43 bits per heavy atom. The molecule has 0 spiro atoms. The van der Waals surface area contributed by atoms with Crippen molar-refractivity contribution in [1.82, 2.24) is 4.98 Å². The SMILES string of the molecule is COc1ccc(C)cc1/C(O)=C1\C(=O)C(=O)N(c2cccc(OC(F)(F)F)c2)C1c1ccncc1. The Labute approximate surface area is 198 Å². The summed E-state index contributed by atoms with van der Waals surface area (Å²) in [5, 5.41) is 11.3. The molecule has 1 aromatic heterocycles. The number of methoxy groups -OCH3 is 1. The number of halogens is 3. The number of anilines is 1. The lowest BCUT2D eigenvalue weighted by molar-refractivity contribution is -0.274. The fourth-order valence-electron chi connectivity index (χ4n) is 3.94. The molecular formula is C25H19F3N2O5. The number of benzene rings is 2. The largest absolute Gasteiger partial charge is 0.573 e. The number of hydrogen-bond donors (Lipinski definition) is 1. The summed E-state index contributed by atoms with van der Waals surface area (Å²) in [7, 11) is 1.40. The highest BCUT2D eigenvalue weighted by atomic mass is 19.4. The fraction of sp³-hybridized carbons (Fsp3) is 0.160. The molecule has 2 heterocycles. The molecule has 4 rings (SSSR count). The quantitative estimate of drug-likeness (QED) is 0.314. The van der Waals surface area contributed by atoms with Gasteiger partial charge in [-0.25, -0.2) is 0 Å². The molecule has 2 aromatic carbocycles. The zero-order chi connectivity index (χ0) is 25.3. The molecule has 1 unspecified atom stereocenters. The van der Waals surface area contributed by atoms with Crippen LogP contribution in [0.3, 0.4) is 0 Å². The van der Waals surface area contributed by atoms with Gasteiger partial charge in [-0.3, -0.25) is 19.5 Å². The number of rotatable bonds is 5. The van der Waals surface area contributed by atoms with Crippen LogP contribution < -0.4 is 14.4 Å². The maximum Gasteiger partial charge on any atom is 0.573 e. The number of Topliss-reactive ketones (excluding diaryl/α,β-unsaturated/α-hetero) is 1. The van der Waals surface area contributed by atoms with Crippen molar-refractivity contribution in [1.29, 1.82) is 0 Å². The van der Waals surface area contributed by atoms with Gasteiger partial charge in [0.15, 0.2) is 0 Å². The maximum absolute atomic E-state index is 13.2. The number of carbonyl (C=O) groups excluding carboxylic acids is 2. The highest BCUT2D eigenvalue weighted by molar-refractivity contribution is 6.51. The number of nitrogens with zero attached hydrogens (tertiary/aromatic N) is 2. The molecule has 10 heteroatoms. The highest BCUT2D eigenvalue weighted by Gasteiger charge is 2.47. The molecule has 1 aliphatic rings. The molecule has 35 heavy (non-hydrogen) atoms. The van der Waals surface area contributed by atoms with E-state index in [0.29, 0.717) is 5.56 Å². The lowest BCUT2D eigenvalue weighted by atomic mass is 9.95. The molecule has 1 N–H and O–H groups in total. The second kappa shape index (κ2) is 9.13. The van der Waals surface area contributed by atoms with E-state index in [1.54, 1.807) is 37.3 Å². The van der Waals surface area contributed by atoms with Gasteiger partial charge in [-0.05, 0) is 48.9 Å². The first-order chi connectivity index (χ1) is 16.6. The second-order valence-electron chi connectivity index (χ2n) is 7.70. The molecule has 0 bridgehead atoms. The van der Waals surface area contributed by atoms with Gasteiger partial charge in [-0.1, -0.05) is 17.7 Å². The van der Waals surface area contributed by atoms with Crippen molar-refractivity contribution >= 4 is 23.1 Å². The molecule has 1 amide bonds. The minimum absolute atomic E-state index is 0.0223. The maximum atomic E-state index is 13.2. The van der Waals surface area contributed by atoms with E-state index in [1.165, 1.54) is 31.6 Å². The van der Waals surface area contributed by atoms with E-state index in [0.717, 1.165) is 22.6 Å². The van der Waals surface area contributed by atoms with Crippen LogP contribution in [0.5, 0.6) is 11.5 Å². The molecule has 180 valence electrons. The summed E-state index contributed by atoms with van der Waals surface area (Å²) in [6, 6.07) is 11.6. The smallest absolute Gasteiger partial charge is 0.507 e. The Morgan fingerprint density at radius 2 is 1.77 bits per heavy atom.